The van der Waals surface area contributed by atoms with Crippen LogP contribution in [0.15, 0.2) is 122 Å². The van der Waals surface area contributed by atoms with Crippen LogP contribution >= 0.6 is 0 Å². The molecule has 0 aromatic carbocycles. The van der Waals surface area contributed by atoms with Crippen LogP contribution in [0.2, 0.25) is 0 Å². The van der Waals surface area contributed by atoms with Crippen molar-refractivity contribution < 1.29 is 0 Å². The average molecular weight is 839 g/mol. The van der Waals surface area contributed by atoms with Crippen molar-refractivity contribution >= 4 is 52.2 Å². The molecule has 0 saturated heterocycles. The zero-order chi connectivity index (χ0) is 44.0. The van der Waals surface area contributed by atoms with Gasteiger partial charge in [0, 0.05) is 49.3 Å². The second-order valence-electron chi connectivity index (χ2n) is 16.2. The summed E-state index contributed by atoms with van der Waals surface area (Å²) in [6.45, 7) is 13.2. The van der Waals surface area contributed by atoms with Gasteiger partial charge in [-0.1, -0.05) is 80.1 Å². The Kier molecular flexibility index (Phi) is 15.5. The van der Waals surface area contributed by atoms with E-state index in [2.05, 4.69) is 141 Å². The summed E-state index contributed by atoms with van der Waals surface area (Å²) in [7, 11) is 0. The van der Waals surface area contributed by atoms with Gasteiger partial charge in [0.15, 0.2) is 0 Å². The molecule has 0 spiro atoms. The third kappa shape index (κ3) is 11.1. The van der Waals surface area contributed by atoms with Gasteiger partial charge in [-0.25, -0.2) is 34.9 Å². The summed E-state index contributed by atoms with van der Waals surface area (Å²) < 4.78 is 0. The van der Waals surface area contributed by atoms with Crippen LogP contribution in [0, 0.1) is 0 Å². The maximum absolute atomic E-state index is 5.63. The van der Waals surface area contributed by atoms with Gasteiger partial charge in [0.25, 0.3) is 0 Å². The van der Waals surface area contributed by atoms with Crippen LogP contribution in [0.5, 0.6) is 0 Å². The molecule has 0 aliphatic carbocycles. The lowest BCUT2D eigenvalue weighted by atomic mass is 10.1. The van der Waals surface area contributed by atoms with E-state index in [0.717, 1.165) is 118 Å². The number of nitrogens with zero attached hydrogens (tertiary/aromatic N) is 10. The molecular formula is C53H62N10. The molecule has 7 aromatic rings. The highest BCUT2D eigenvalue weighted by molar-refractivity contribution is 5.83. The summed E-state index contributed by atoms with van der Waals surface area (Å²) in [6, 6.07) is 29.9. The van der Waals surface area contributed by atoms with Crippen molar-refractivity contribution in [2.45, 2.75) is 119 Å². The van der Waals surface area contributed by atoms with Crippen LogP contribution in [-0.4, -0.2) is 34.9 Å². The van der Waals surface area contributed by atoms with Crippen LogP contribution in [0.4, 0.5) is 52.2 Å². The fourth-order valence-corrected chi connectivity index (χ4v) is 8.09. The van der Waals surface area contributed by atoms with E-state index < -0.39 is 0 Å². The monoisotopic (exact) mass is 839 g/mol. The third-order valence-corrected chi connectivity index (χ3v) is 11.0. The molecule has 63 heavy (non-hydrogen) atoms. The molecule has 324 valence electrons. The number of aromatic nitrogens is 7. The molecule has 0 aliphatic heterocycles. The largest absolute Gasteiger partial charge is 0.279 e. The van der Waals surface area contributed by atoms with Crippen molar-refractivity contribution in [2.24, 2.45) is 0 Å². The molecule has 7 rings (SSSR count). The van der Waals surface area contributed by atoms with Gasteiger partial charge in [-0.05, 0) is 145 Å². The van der Waals surface area contributed by atoms with Gasteiger partial charge in [-0.15, -0.1) is 0 Å². The average Bonchev–Trinajstić information content (AvgIpc) is 3.28. The topological polar surface area (TPSA) is 100.0 Å². The number of hydrogen-bond acceptors (Lipinski definition) is 10. The number of hydrogen-bond donors (Lipinski definition) is 0. The predicted octanol–water partition coefficient (Wildman–Crippen LogP) is 13.6. The van der Waals surface area contributed by atoms with Crippen LogP contribution in [0.25, 0.3) is 0 Å². The molecule has 0 saturated carbocycles. The van der Waals surface area contributed by atoms with E-state index in [0.29, 0.717) is 11.6 Å². The molecule has 7 heterocycles. The van der Waals surface area contributed by atoms with E-state index in [1.165, 1.54) is 33.4 Å². The zero-order valence-corrected chi connectivity index (χ0v) is 38.0. The Morgan fingerprint density at radius 3 is 0.730 bits per heavy atom. The van der Waals surface area contributed by atoms with E-state index in [4.69, 9.17) is 34.9 Å². The molecule has 0 amide bonds. The van der Waals surface area contributed by atoms with E-state index in [9.17, 15) is 0 Å². The van der Waals surface area contributed by atoms with Crippen molar-refractivity contribution in [2.75, 3.05) is 14.7 Å². The number of rotatable bonds is 21. The fourth-order valence-electron chi connectivity index (χ4n) is 8.09. The smallest absolute Gasteiger partial charge is 0.144 e. The van der Waals surface area contributed by atoms with Crippen LogP contribution < -0.4 is 14.7 Å². The van der Waals surface area contributed by atoms with Gasteiger partial charge in [0.05, 0.1) is 5.69 Å². The third-order valence-electron chi connectivity index (χ3n) is 11.0. The van der Waals surface area contributed by atoms with Gasteiger partial charge in [-0.3, -0.25) is 14.7 Å². The van der Waals surface area contributed by atoms with Gasteiger partial charge >= 0.3 is 0 Å². The number of aryl methyl sites for hydroxylation is 6. The first-order valence-corrected chi connectivity index (χ1v) is 23.1. The second-order valence-corrected chi connectivity index (χ2v) is 16.2. The van der Waals surface area contributed by atoms with E-state index >= 15 is 0 Å². The Hall–Kier alpha value is -6.55. The van der Waals surface area contributed by atoms with Crippen molar-refractivity contribution in [3.05, 3.63) is 155 Å². The minimum atomic E-state index is 0.628. The second kappa shape index (κ2) is 22.0. The molecule has 10 nitrogen and oxygen atoms in total. The van der Waals surface area contributed by atoms with Crippen molar-refractivity contribution in [1.82, 2.24) is 34.9 Å². The molecule has 0 bridgehead atoms. The van der Waals surface area contributed by atoms with Crippen LogP contribution in [-0.2, 0) is 38.5 Å². The summed E-state index contributed by atoms with van der Waals surface area (Å²) in [5.74, 6) is 5.70. The minimum Gasteiger partial charge on any atom is -0.279 e. The molecule has 0 aliphatic rings. The molecule has 0 radical (unpaired) electrons. The van der Waals surface area contributed by atoms with Crippen molar-refractivity contribution in [3.8, 4) is 0 Å². The Morgan fingerprint density at radius 2 is 0.508 bits per heavy atom. The van der Waals surface area contributed by atoms with Crippen LogP contribution in [0.1, 0.15) is 113 Å². The zero-order valence-electron chi connectivity index (χ0n) is 38.0. The quantitative estimate of drug-likeness (QED) is 0.0695. The maximum Gasteiger partial charge on any atom is 0.144 e. The molecule has 0 unspecified atom stereocenters. The summed E-state index contributed by atoms with van der Waals surface area (Å²) in [5.41, 5.74) is 8.00. The molecule has 7 aromatic heterocycles. The summed E-state index contributed by atoms with van der Waals surface area (Å²) in [4.78, 5) is 42.2. The molecule has 0 atom stereocenters. The first-order valence-electron chi connectivity index (χ1n) is 23.1. The van der Waals surface area contributed by atoms with Gasteiger partial charge in [-0.2, -0.15) is 0 Å². The number of anilines is 9. The van der Waals surface area contributed by atoms with Gasteiger partial charge in [0.2, 0.25) is 0 Å². The minimum absolute atomic E-state index is 0.628. The van der Waals surface area contributed by atoms with Crippen molar-refractivity contribution in [1.29, 1.82) is 0 Å². The lowest BCUT2D eigenvalue weighted by Gasteiger charge is -2.30. The normalized spacial score (nSPS) is 11.1. The first kappa shape index (κ1) is 44.5. The lowest BCUT2D eigenvalue weighted by Crippen LogP contribution is -2.21. The van der Waals surface area contributed by atoms with E-state index in [1.54, 1.807) is 0 Å². The Morgan fingerprint density at radius 1 is 0.286 bits per heavy atom. The predicted molar refractivity (Wildman–Crippen MR) is 259 cm³/mol. The van der Waals surface area contributed by atoms with Crippen molar-refractivity contribution in [3.63, 3.8) is 0 Å². The SMILES string of the molecule is CCCc1ccnc(N(c2cc(N(c3cc(CCC)ccn3)c3cc(CCC)ccn3)nc(N(c3cc(CCC)ccn3)c3cc(CCC)ccn3)c2)c2cc(CCC)ccn2)c1. The highest BCUT2D eigenvalue weighted by Crippen LogP contribution is 2.43. The van der Waals surface area contributed by atoms with Gasteiger partial charge < -0.3 is 0 Å². The maximum atomic E-state index is 5.63. The molecular weight excluding hydrogens is 777 g/mol. The Bertz CT molecular complexity index is 2120. The summed E-state index contributed by atoms with van der Waals surface area (Å²) >= 11 is 0. The van der Waals surface area contributed by atoms with Gasteiger partial charge in [0.1, 0.15) is 46.5 Å². The first-order chi connectivity index (χ1) is 30.9. The lowest BCUT2D eigenvalue weighted by molar-refractivity contribution is 0.909. The number of pyridine rings is 7. The highest BCUT2D eigenvalue weighted by atomic mass is 15.3. The molecule has 0 fully saturated rings. The Balaban J connectivity index is 1.58. The van der Waals surface area contributed by atoms with E-state index in [1.807, 2.05) is 37.2 Å². The van der Waals surface area contributed by atoms with Crippen LogP contribution in [0.3, 0.4) is 0 Å². The summed E-state index contributed by atoms with van der Waals surface area (Å²) in [6.07, 6.45) is 23.0. The highest BCUT2D eigenvalue weighted by Gasteiger charge is 2.27. The summed E-state index contributed by atoms with van der Waals surface area (Å²) in [5, 5.41) is 0. The fraction of sp³-hybridized carbons (Fsp3) is 0.340. The molecule has 10 heteroatoms. The standard InChI is InChI=1S/C53H62N10/c1-7-13-39-19-25-54-46(31-39)61(47-32-40(14-8-2)20-26-55-47)45-37-52(62(48-33-41(15-9-3)21-27-56-48)49-34-42(16-10-4)22-28-57-49)60-53(38-45)63(50-35-43(17-11-5)23-29-58-50)51-36-44(18-12-6)24-30-59-51/h19-38H,7-18H2,1-6H3. The van der Waals surface area contributed by atoms with E-state index in [-0.39, 0.29) is 0 Å². The Labute approximate surface area is 374 Å². The molecule has 0 N–H and O–H groups in total.